The highest BCUT2D eigenvalue weighted by atomic mass is 35.5. The average Bonchev–Trinajstić information content (AvgIpc) is 2.45. The van der Waals surface area contributed by atoms with Gasteiger partial charge in [-0.3, -0.25) is 9.78 Å². The van der Waals surface area contributed by atoms with Crippen LogP contribution in [-0.2, 0) is 11.3 Å². The van der Waals surface area contributed by atoms with Crippen molar-refractivity contribution < 1.29 is 4.79 Å². The highest BCUT2D eigenvalue weighted by Crippen LogP contribution is 2.22. The molecule has 5 heteroatoms. The molecule has 1 heterocycles. The molecule has 0 aliphatic carbocycles. The number of carbonyl (C=O) groups is 1. The lowest BCUT2D eigenvalue weighted by Gasteiger charge is -2.10. The first kappa shape index (κ1) is 14.5. The van der Waals surface area contributed by atoms with Gasteiger partial charge in [-0.25, -0.2) is 0 Å². The van der Waals surface area contributed by atoms with E-state index in [1.807, 2.05) is 31.2 Å². The minimum absolute atomic E-state index is 0.0931. The van der Waals surface area contributed by atoms with Gasteiger partial charge in [-0.05, 0) is 42.3 Å². The van der Waals surface area contributed by atoms with Gasteiger partial charge in [0.1, 0.15) is 0 Å². The number of amides is 1. The number of rotatable bonds is 5. The lowest BCUT2D eigenvalue weighted by Crippen LogP contribution is -2.28. The molecular weight excluding hydrogens is 274 g/mol. The number of pyridine rings is 1. The summed E-state index contributed by atoms with van der Waals surface area (Å²) in [5.41, 5.74) is 2.71. The maximum atomic E-state index is 11.8. The third-order valence-electron chi connectivity index (χ3n) is 2.91. The average molecular weight is 290 g/mol. The van der Waals surface area contributed by atoms with E-state index in [0.717, 1.165) is 16.8 Å². The van der Waals surface area contributed by atoms with Crippen LogP contribution >= 0.6 is 11.6 Å². The van der Waals surface area contributed by atoms with Gasteiger partial charge in [-0.15, -0.1) is 0 Å². The molecule has 0 fully saturated rings. The number of nitrogens with one attached hydrogen (secondary N) is 2. The van der Waals surface area contributed by atoms with Crippen LogP contribution in [0.25, 0.3) is 0 Å². The minimum Gasteiger partial charge on any atom is -0.325 e. The SMILES string of the molecule is Cc1c(Cl)cccc1NC(=O)CNCc1ccncc1. The van der Waals surface area contributed by atoms with Crippen molar-refractivity contribution >= 4 is 23.2 Å². The zero-order valence-corrected chi connectivity index (χ0v) is 11.9. The zero-order chi connectivity index (χ0) is 14.4. The second-order valence-electron chi connectivity index (χ2n) is 4.42. The topological polar surface area (TPSA) is 54.0 Å². The highest BCUT2D eigenvalue weighted by Gasteiger charge is 2.06. The summed E-state index contributed by atoms with van der Waals surface area (Å²) in [6.07, 6.45) is 3.46. The van der Waals surface area contributed by atoms with Crippen molar-refractivity contribution in [2.75, 3.05) is 11.9 Å². The molecule has 0 saturated carbocycles. The fraction of sp³-hybridized carbons (Fsp3) is 0.200. The number of halogens is 1. The summed E-state index contributed by atoms with van der Waals surface area (Å²) >= 11 is 6.01. The quantitative estimate of drug-likeness (QED) is 0.890. The van der Waals surface area contributed by atoms with Crippen molar-refractivity contribution in [3.63, 3.8) is 0 Å². The first-order valence-electron chi connectivity index (χ1n) is 6.31. The lowest BCUT2D eigenvalue weighted by atomic mass is 10.2. The first-order valence-corrected chi connectivity index (χ1v) is 6.69. The summed E-state index contributed by atoms with van der Waals surface area (Å²) in [7, 11) is 0. The molecule has 0 spiro atoms. The van der Waals surface area contributed by atoms with Gasteiger partial charge in [0.25, 0.3) is 0 Å². The van der Waals surface area contributed by atoms with E-state index < -0.39 is 0 Å². The van der Waals surface area contributed by atoms with Gasteiger partial charge in [0.15, 0.2) is 0 Å². The highest BCUT2D eigenvalue weighted by molar-refractivity contribution is 6.31. The Hall–Kier alpha value is -1.91. The number of carbonyl (C=O) groups excluding carboxylic acids is 1. The summed E-state index contributed by atoms with van der Waals surface area (Å²) in [4.78, 5) is 15.8. The normalized spacial score (nSPS) is 10.3. The molecular formula is C15H16ClN3O. The molecule has 0 atom stereocenters. The molecule has 0 saturated heterocycles. The molecule has 1 aromatic carbocycles. The van der Waals surface area contributed by atoms with E-state index in [0.29, 0.717) is 11.6 Å². The van der Waals surface area contributed by atoms with E-state index >= 15 is 0 Å². The molecule has 2 rings (SSSR count). The standard InChI is InChI=1S/C15H16ClN3O/c1-11-13(16)3-2-4-14(11)19-15(20)10-18-9-12-5-7-17-8-6-12/h2-8,18H,9-10H2,1H3,(H,19,20). The molecule has 0 unspecified atom stereocenters. The smallest absolute Gasteiger partial charge is 0.238 e. The van der Waals surface area contributed by atoms with Crippen molar-refractivity contribution in [3.8, 4) is 0 Å². The van der Waals surface area contributed by atoms with E-state index in [-0.39, 0.29) is 12.5 Å². The summed E-state index contributed by atoms with van der Waals surface area (Å²) in [6, 6.07) is 9.27. The molecule has 0 bridgehead atoms. The van der Waals surface area contributed by atoms with Gasteiger partial charge in [-0.2, -0.15) is 0 Å². The Morgan fingerprint density at radius 1 is 1.25 bits per heavy atom. The maximum absolute atomic E-state index is 11.8. The van der Waals surface area contributed by atoms with E-state index in [9.17, 15) is 4.79 Å². The number of aromatic nitrogens is 1. The van der Waals surface area contributed by atoms with Crippen LogP contribution in [0.15, 0.2) is 42.7 Å². The Kier molecular flexibility index (Phi) is 5.09. The van der Waals surface area contributed by atoms with Crippen molar-refractivity contribution in [2.24, 2.45) is 0 Å². The van der Waals surface area contributed by atoms with Gasteiger partial charge in [0.05, 0.1) is 6.54 Å². The van der Waals surface area contributed by atoms with Crippen molar-refractivity contribution in [2.45, 2.75) is 13.5 Å². The van der Waals surface area contributed by atoms with Crippen LogP contribution in [0.4, 0.5) is 5.69 Å². The van der Waals surface area contributed by atoms with Gasteiger partial charge in [-0.1, -0.05) is 17.7 Å². The van der Waals surface area contributed by atoms with E-state index in [2.05, 4.69) is 15.6 Å². The Labute approximate surface area is 123 Å². The van der Waals surface area contributed by atoms with E-state index in [1.165, 1.54) is 0 Å². The van der Waals surface area contributed by atoms with Crippen LogP contribution in [0, 0.1) is 6.92 Å². The zero-order valence-electron chi connectivity index (χ0n) is 11.2. The molecule has 2 N–H and O–H groups in total. The number of anilines is 1. The van der Waals surface area contributed by atoms with Crippen LogP contribution in [0.2, 0.25) is 5.02 Å². The third kappa shape index (κ3) is 4.05. The van der Waals surface area contributed by atoms with Crippen molar-refractivity contribution in [1.29, 1.82) is 0 Å². The molecule has 0 aliphatic heterocycles. The second kappa shape index (κ2) is 7.03. The Morgan fingerprint density at radius 3 is 2.75 bits per heavy atom. The fourth-order valence-electron chi connectivity index (χ4n) is 1.76. The largest absolute Gasteiger partial charge is 0.325 e. The van der Waals surface area contributed by atoms with Crippen LogP contribution in [0.5, 0.6) is 0 Å². The summed E-state index contributed by atoms with van der Waals surface area (Å²) < 4.78 is 0. The Balaban J connectivity index is 1.82. The molecule has 1 amide bonds. The molecule has 0 aliphatic rings. The minimum atomic E-state index is -0.0931. The van der Waals surface area contributed by atoms with Crippen LogP contribution in [-0.4, -0.2) is 17.4 Å². The molecule has 4 nitrogen and oxygen atoms in total. The predicted molar refractivity (Wildman–Crippen MR) is 80.8 cm³/mol. The van der Waals surface area contributed by atoms with Gasteiger partial charge < -0.3 is 10.6 Å². The van der Waals surface area contributed by atoms with Crippen LogP contribution in [0.1, 0.15) is 11.1 Å². The Bertz CT molecular complexity index is 587. The molecule has 0 radical (unpaired) electrons. The molecule has 20 heavy (non-hydrogen) atoms. The summed E-state index contributed by atoms with van der Waals surface area (Å²) in [6.45, 7) is 2.75. The van der Waals surface area contributed by atoms with Crippen LogP contribution < -0.4 is 10.6 Å². The molecule has 2 aromatic rings. The van der Waals surface area contributed by atoms with Crippen molar-refractivity contribution in [3.05, 3.63) is 58.9 Å². The fourth-order valence-corrected chi connectivity index (χ4v) is 1.93. The number of nitrogens with zero attached hydrogens (tertiary/aromatic N) is 1. The Morgan fingerprint density at radius 2 is 2.00 bits per heavy atom. The predicted octanol–water partition coefficient (Wildman–Crippen LogP) is 2.77. The number of hydrogen-bond donors (Lipinski definition) is 2. The van der Waals surface area contributed by atoms with E-state index in [4.69, 9.17) is 11.6 Å². The lowest BCUT2D eigenvalue weighted by molar-refractivity contribution is -0.115. The maximum Gasteiger partial charge on any atom is 0.238 e. The van der Waals surface area contributed by atoms with Gasteiger partial charge in [0, 0.05) is 29.6 Å². The van der Waals surface area contributed by atoms with Crippen molar-refractivity contribution in [1.82, 2.24) is 10.3 Å². The number of benzene rings is 1. The first-order chi connectivity index (χ1) is 9.66. The molecule has 104 valence electrons. The summed E-state index contributed by atoms with van der Waals surface area (Å²) in [5, 5.41) is 6.57. The molecule has 1 aromatic heterocycles. The van der Waals surface area contributed by atoms with E-state index in [1.54, 1.807) is 18.5 Å². The second-order valence-corrected chi connectivity index (χ2v) is 4.83. The van der Waals surface area contributed by atoms with Gasteiger partial charge >= 0.3 is 0 Å². The number of hydrogen-bond acceptors (Lipinski definition) is 3. The summed E-state index contributed by atoms with van der Waals surface area (Å²) in [5.74, 6) is -0.0931. The van der Waals surface area contributed by atoms with Gasteiger partial charge in [0.2, 0.25) is 5.91 Å². The third-order valence-corrected chi connectivity index (χ3v) is 3.32. The monoisotopic (exact) mass is 289 g/mol. The van der Waals surface area contributed by atoms with Crippen LogP contribution in [0.3, 0.4) is 0 Å².